The van der Waals surface area contributed by atoms with Crippen LogP contribution in [0.15, 0.2) is 12.1 Å². The van der Waals surface area contributed by atoms with Crippen LogP contribution in [-0.2, 0) is 9.53 Å². The first-order chi connectivity index (χ1) is 9.91. The van der Waals surface area contributed by atoms with E-state index in [2.05, 4.69) is 10.6 Å². The molecule has 3 atom stereocenters. The van der Waals surface area contributed by atoms with E-state index < -0.39 is 17.9 Å². The van der Waals surface area contributed by atoms with Gasteiger partial charge in [-0.05, 0) is 26.0 Å². The Morgan fingerprint density at radius 1 is 1.52 bits per heavy atom. The van der Waals surface area contributed by atoms with Gasteiger partial charge in [0.05, 0.1) is 23.8 Å². The van der Waals surface area contributed by atoms with Gasteiger partial charge in [0, 0.05) is 17.1 Å². The molecule has 0 bridgehead atoms. The SMILES string of the molecule is CC(NC(=O)[C@H]1NCCO[C@@H]1C)c1c(Cl)ccc(F)c1Cl. The quantitative estimate of drug-likeness (QED) is 0.835. The third-order valence-corrected chi connectivity index (χ3v) is 4.18. The fourth-order valence-electron chi connectivity index (χ4n) is 2.34. The topological polar surface area (TPSA) is 50.4 Å². The number of hydrogen-bond donors (Lipinski definition) is 2. The van der Waals surface area contributed by atoms with E-state index in [0.717, 1.165) is 0 Å². The highest BCUT2D eigenvalue weighted by Crippen LogP contribution is 2.32. The monoisotopic (exact) mass is 334 g/mol. The molecule has 2 N–H and O–H groups in total. The van der Waals surface area contributed by atoms with Crippen molar-refractivity contribution in [3.05, 3.63) is 33.6 Å². The predicted octanol–water partition coefficient (Wildman–Crippen LogP) is 2.69. The number of benzene rings is 1. The molecule has 21 heavy (non-hydrogen) atoms. The molecule has 1 fully saturated rings. The lowest BCUT2D eigenvalue weighted by atomic mass is 10.1. The van der Waals surface area contributed by atoms with Gasteiger partial charge in [-0.2, -0.15) is 0 Å². The zero-order valence-corrected chi connectivity index (χ0v) is 13.3. The summed E-state index contributed by atoms with van der Waals surface area (Å²) >= 11 is 12.0. The first-order valence-electron chi connectivity index (χ1n) is 6.70. The molecule has 4 nitrogen and oxygen atoms in total. The van der Waals surface area contributed by atoms with E-state index in [-0.39, 0.29) is 17.0 Å². The van der Waals surface area contributed by atoms with Crippen LogP contribution in [0.1, 0.15) is 25.5 Å². The molecule has 0 radical (unpaired) electrons. The Balaban J connectivity index is 2.12. The first-order valence-corrected chi connectivity index (χ1v) is 7.46. The molecule has 1 aromatic carbocycles. The number of amides is 1. The maximum Gasteiger partial charge on any atom is 0.240 e. The van der Waals surface area contributed by atoms with Crippen LogP contribution in [0.5, 0.6) is 0 Å². The summed E-state index contributed by atoms with van der Waals surface area (Å²) in [5.74, 6) is -0.796. The van der Waals surface area contributed by atoms with Crippen LogP contribution >= 0.6 is 23.2 Å². The Bertz CT molecular complexity index is 542. The molecule has 0 spiro atoms. The smallest absolute Gasteiger partial charge is 0.240 e. The fourth-order valence-corrected chi connectivity index (χ4v) is 3.04. The fraction of sp³-hybridized carbons (Fsp3) is 0.500. The lowest BCUT2D eigenvalue weighted by molar-refractivity contribution is -0.129. The molecular formula is C14H17Cl2FN2O2. The van der Waals surface area contributed by atoms with E-state index in [1.807, 2.05) is 6.92 Å². The minimum Gasteiger partial charge on any atom is -0.375 e. The van der Waals surface area contributed by atoms with Crippen LogP contribution in [0.25, 0.3) is 0 Å². The average Bonchev–Trinajstić information content (AvgIpc) is 2.43. The predicted molar refractivity (Wildman–Crippen MR) is 80.2 cm³/mol. The molecule has 0 aliphatic carbocycles. The molecule has 1 aromatic rings. The number of halogens is 3. The Kier molecular flexibility index (Phi) is 5.43. The summed E-state index contributed by atoms with van der Waals surface area (Å²) in [6.07, 6.45) is -0.232. The summed E-state index contributed by atoms with van der Waals surface area (Å²) in [4.78, 5) is 12.3. The highest BCUT2D eigenvalue weighted by molar-refractivity contribution is 6.36. The second-order valence-corrected chi connectivity index (χ2v) is 5.78. The zero-order chi connectivity index (χ0) is 15.6. The molecular weight excluding hydrogens is 318 g/mol. The van der Waals surface area contributed by atoms with E-state index in [0.29, 0.717) is 23.7 Å². The van der Waals surface area contributed by atoms with E-state index in [1.165, 1.54) is 12.1 Å². The number of nitrogens with one attached hydrogen (secondary N) is 2. The van der Waals surface area contributed by atoms with Crippen molar-refractivity contribution in [2.75, 3.05) is 13.2 Å². The maximum atomic E-state index is 13.5. The van der Waals surface area contributed by atoms with Crippen molar-refractivity contribution in [3.63, 3.8) is 0 Å². The van der Waals surface area contributed by atoms with Crippen molar-refractivity contribution in [2.24, 2.45) is 0 Å². The minimum atomic E-state index is -0.565. The molecule has 7 heteroatoms. The second-order valence-electron chi connectivity index (χ2n) is 4.99. The van der Waals surface area contributed by atoms with Gasteiger partial charge in [-0.15, -0.1) is 0 Å². The van der Waals surface area contributed by atoms with Gasteiger partial charge in [0.15, 0.2) is 0 Å². The Morgan fingerprint density at radius 3 is 2.90 bits per heavy atom. The molecule has 1 aliphatic rings. The highest BCUT2D eigenvalue weighted by atomic mass is 35.5. The third-order valence-electron chi connectivity index (χ3n) is 3.47. The Morgan fingerprint density at radius 2 is 2.24 bits per heavy atom. The lowest BCUT2D eigenvalue weighted by Crippen LogP contribution is -2.55. The van der Waals surface area contributed by atoms with Crippen molar-refractivity contribution < 1.29 is 13.9 Å². The molecule has 1 aliphatic heterocycles. The van der Waals surface area contributed by atoms with Gasteiger partial charge in [-0.1, -0.05) is 23.2 Å². The van der Waals surface area contributed by atoms with Gasteiger partial charge in [0.2, 0.25) is 5.91 Å². The van der Waals surface area contributed by atoms with Crippen LogP contribution in [0, 0.1) is 5.82 Å². The number of ether oxygens (including phenoxy) is 1. The minimum absolute atomic E-state index is 0.0730. The summed E-state index contributed by atoms with van der Waals surface area (Å²) in [7, 11) is 0. The highest BCUT2D eigenvalue weighted by Gasteiger charge is 2.30. The van der Waals surface area contributed by atoms with Crippen molar-refractivity contribution in [2.45, 2.75) is 32.0 Å². The molecule has 0 saturated carbocycles. The summed E-state index contributed by atoms with van der Waals surface area (Å²) < 4.78 is 19.0. The summed E-state index contributed by atoms with van der Waals surface area (Å²) in [6, 6.07) is 1.66. The Labute approximate surface area is 132 Å². The summed E-state index contributed by atoms with van der Waals surface area (Å²) in [5.41, 5.74) is 0.371. The van der Waals surface area contributed by atoms with Gasteiger partial charge in [-0.25, -0.2) is 4.39 Å². The van der Waals surface area contributed by atoms with Crippen molar-refractivity contribution in [3.8, 4) is 0 Å². The van der Waals surface area contributed by atoms with Crippen LogP contribution < -0.4 is 10.6 Å². The van der Waals surface area contributed by atoms with E-state index in [1.54, 1.807) is 6.92 Å². The number of morpholine rings is 1. The third kappa shape index (κ3) is 3.66. The molecule has 2 rings (SSSR count). The van der Waals surface area contributed by atoms with E-state index >= 15 is 0 Å². The molecule has 116 valence electrons. The summed E-state index contributed by atoms with van der Waals surface area (Å²) in [6.45, 7) is 4.71. The largest absolute Gasteiger partial charge is 0.375 e. The van der Waals surface area contributed by atoms with Crippen LogP contribution in [-0.4, -0.2) is 31.2 Å². The lowest BCUT2D eigenvalue weighted by Gasteiger charge is -2.30. The van der Waals surface area contributed by atoms with Crippen molar-refractivity contribution in [1.82, 2.24) is 10.6 Å². The number of rotatable bonds is 3. The number of carbonyl (C=O) groups excluding carboxylic acids is 1. The van der Waals surface area contributed by atoms with Gasteiger partial charge >= 0.3 is 0 Å². The molecule has 1 amide bonds. The zero-order valence-electron chi connectivity index (χ0n) is 11.8. The second kappa shape index (κ2) is 6.92. The maximum absolute atomic E-state index is 13.5. The summed E-state index contributed by atoms with van der Waals surface area (Å²) in [5, 5.41) is 6.12. The van der Waals surface area contributed by atoms with Crippen molar-refractivity contribution in [1.29, 1.82) is 0 Å². The van der Waals surface area contributed by atoms with Gasteiger partial charge in [0.25, 0.3) is 0 Å². The number of hydrogen-bond acceptors (Lipinski definition) is 3. The van der Waals surface area contributed by atoms with E-state index in [9.17, 15) is 9.18 Å². The van der Waals surface area contributed by atoms with Crippen LogP contribution in [0.3, 0.4) is 0 Å². The van der Waals surface area contributed by atoms with Gasteiger partial charge < -0.3 is 15.4 Å². The first kappa shape index (κ1) is 16.5. The normalized spacial score (nSPS) is 23.7. The molecule has 1 heterocycles. The Hall–Kier alpha value is -0.880. The number of carbonyl (C=O) groups is 1. The molecule has 1 unspecified atom stereocenters. The van der Waals surface area contributed by atoms with Crippen LogP contribution in [0.4, 0.5) is 4.39 Å². The molecule has 1 saturated heterocycles. The standard InChI is InChI=1S/C14H17Cl2FN2O2/c1-7(11-9(15)3-4-10(17)12(11)16)19-14(20)13-8(2)21-6-5-18-13/h3-4,7-8,13,18H,5-6H2,1-2H3,(H,19,20)/t7?,8-,13+/m1/s1. The van der Waals surface area contributed by atoms with Gasteiger partial charge in [-0.3, -0.25) is 4.79 Å². The van der Waals surface area contributed by atoms with Gasteiger partial charge in [0.1, 0.15) is 11.9 Å². The average molecular weight is 335 g/mol. The van der Waals surface area contributed by atoms with Crippen molar-refractivity contribution >= 4 is 29.1 Å². The van der Waals surface area contributed by atoms with E-state index in [4.69, 9.17) is 27.9 Å². The molecule has 0 aromatic heterocycles. The van der Waals surface area contributed by atoms with Crippen LogP contribution in [0.2, 0.25) is 10.0 Å².